The van der Waals surface area contributed by atoms with Crippen molar-refractivity contribution in [2.75, 3.05) is 13.0 Å². The third kappa shape index (κ3) is 2.38. The van der Waals surface area contributed by atoms with Gasteiger partial charge in [-0.1, -0.05) is 41.9 Å². The van der Waals surface area contributed by atoms with Crippen molar-refractivity contribution in [3.8, 4) is 0 Å². The van der Waals surface area contributed by atoms with Gasteiger partial charge in [0.2, 0.25) is 0 Å². The first-order valence-electron chi connectivity index (χ1n) is 8.22. The summed E-state index contributed by atoms with van der Waals surface area (Å²) in [5.74, 6) is -0.854. The first-order chi connectivity index (χ1) is 11.5. The van der Waals surface area contributed by atoms with Gasteiger partial charge in [0.25, 0.3) is 5.91 Å². The summed E-state index contributed by atoms with van der Waals surface area (Å²) in [4.78, 5) is 13.3. The molecule has 1 atom stereocenters. The van der Waals surface area contributed by atoms with Crippen LogP contribution in [0.5, 0.6) is 0 Å². The van der Waals surface area contributed by atoms with Crippen molar-refractivity contribution in [3.05, 3.63) is 70.2 Å². The van der Waals surface area contributed by atoms with Crippen LogP contribution in [0.4, 0.5) is 0 Å². The molecule has 0 fully saturated rings. The van der Waals surface area contributed by atoms with Gasteiger partial charge in [-0.15, -0.1) is 12.4 Å². The number of halogens is 2. The zero-order chi connectivity index (χ0) is 18.6. The van der Waals surface area contributed by atoms with E-state index in [0.29, 0.717) is 9.92 Å². The Bertz CT molecular complexity index is 843. The molecule has 0 spiro atoms. The van der Waals surface area contributed by atoms with Crippen molar-refractivity contribution in [1.82, 2.24) is 4.90 Å². The Balaban J connectivity index is 0.00000243. The molecule has 1 aliphatic rings. The van der Waals surface area contributed by atoms with Gasteiger partial charge in [-0.2, -0.15) is 0 Å². The van der Waals surface area contributed by atoms with E-state index < -0.39 is 24.6 Å². The molecule has 0 aromatic heterocycles. The second-order valence-corrected chi connectivity index (χ2v) is 5.06. The fraction of sp³-hybridized carbons (Fsp3) is 0.188. The molecule has 1 unspecified atom stereocenters. The van der Waals surface area contributed by atoms with E-state index in [1.54, 1.807) is 12.1 Å². The number of nitrogens with two attached hydrogens (primary N) is 1. The SMILES string of the molecule is Cl.[2H]C([2H])(N)C([2H])([2H])N1C(=O)c2ccccc2C1(O)c1ccc(Cl)cc1. The van der Waals surface area contributed by atoms with E-state index in [-0.39, 0.29) is 29.1 Å². The average Bonchev–Trinajstić information content (AvgIpc) is 2.77. The molecule has 0 saturated heterocycles. The van der Waals surface area contributed by atoms with Gasteiger partial charge >= 0.3 is 0 Å². The van der Waals surface area contributed by atoms with Crippen LogP contribution in [0.25, 0.3) is 0 Å². The molecule has 1 heterocycles. The normalized spacial score (nSPS) is 23.8. The second kappa shape index (κ2) is 6.26. The fourth-order valence-electron chi connectivity index (χ4n) is 2.52. The fourth-order valence-corrected chi connectivity index (χ4v) is 2.65. The largest absolute Gasteiger partial charge is 0.363 e. The molecule has 1 aliphatic heterocycles. The zero-order valence-electron chi connectivity index (χ0n) is 15.3. The van der Waals surface area contributed by atoms with Crippen LogP contribution >= 0.6 is 24.0 Å². The zero-order valence-corrected chi connectivity index (χ0v) is 12.9. The molecule has 3 N–H and O–H groups in total. The molecule has 0 bridgehead atoms. The minimum absolute atomic E-state index is 0. The topological polar surface area (TPSA) is 66.6 Å². The summed E-state index contributed by atoms with van der Waals surface area (Å²) < 4.78 is 31.5. The van der Waals surface area contributed by atoms with Gasteiger partial charge in [0.05, 0.1) is 2.74 Å². The number of fused-ring (bicyclic) bond motifs is 1. The number of hydrogen-bond acceptors (Lipinski definition) is 3. The van der Waals surface area contributed by atoms with Crippen molar-refractivity contribution in [3.63, 3.8) is 0 Å². The Labute approximate surface area is 145 Å². The molecule has 6 heteroatoms. The number of rotatable bonds is 3. The standard InChI is InChI=1S/C16H15ClN2O2.ClH/c17-12-7-5-11(6-8-12)16(21)14-4-2-1-3-13(14)15(20)19(16)10-9-18;/h1-8,21H,9-10,18H2;1H/i9D2,10D2;. The molecule has 0 aliphatic carbocycles. The average molecular weight is 343 g/mol. The number of carbonyl (C=O) groups excluding carboxylic acids is 1. The molecule has 0 radical (unpaired) electrons. The van der Waals surface area contributed by atoms with E-state index in [1.165, 1.54) is 36.4 Å². The van der Waals surface area contributed by atoms with Gasteiger partial charge in [-0.05, 0) is 18.2 Å². The van der Waals surface area contributed by atoms with E-state index in [1.807, 2.05) is 0 Å². The van der Waals surface area contributed by atoms with E-state index in [4.69, 9.17) is 22.8 Å². The number of amides is 1. The van der Waals surface area contributed by atoms with E-state index >= 15 is 0 Å². The first kappa shape index (κ1) is 11.9. The predicted octanol–water partition coefficient (Wildman–Crippen LogP) is 2.37. The third-order valence-corrected chi connectivity index (χ3v) is 3.73. The lowest BCUT2D eigenvalue weighted by atomic mass is 9.94. The lowest BCUT2D eigenvalue weighted by Gasteiger charge is -2.34. The van der Waals surface area contributed by atoms with Gasteiger partial charge < -0.3 is 15.7 Å². The lowest BCUT2D eigenvalue weighted by molar-refractivity contribution is -0.0484. The maximum Gasteiger partial charge on any atom is 0.257 e. The number of hydrogen-bond donors (Lipinski definition) is 2. The van der Waals surface area contributed by atoms with Crippen LogP contribution in [-0.2, 0) is 5.72 Å². The van der Waals surface area contributed by atoms with E-state index in [9.17, 15) is 9.90 Å². The highest BCUT2D eigenvalue weighted by Crippen LogP contribution is 2.41. The molecule has 0 saturated carbocycles. The van der Waals surface area contributed by atoms with Crippen LogP contribution < -0.4 is 5.73 Å². The third-order valence-electron chi connectivity index (χ3n) is 3.48. The molecule has 4 nitrogen and oxygen atoms in total. The second-order valence-electron chi connectivity index (χ2n) is 4.62. The van der Waals surface area contributed by atoms with Gasteiger partial charge in [0, 0.05) is 37.4 Å². The molecular formula is C16H16Cl2N2O2. The van der Waals surface area contributed by atoms with Crippen molar-refractivity contribution in [2.45, 2.75) is 5.72 Å². The first-order valence-corrected chi connectivity index (χ1v) is 6.60. The Hall–Kier alpha value is -1.59. The van der Waals surface area contributed by atoms with Gasteiger partial charge in [-0.3, -0.25) is 4.79 Å². The highest BCUT2D eigenvalue weighted by atomic mass is 35.5. The Kier molecular flexibility index (Phi) is 3.39. The van der Waals surface area contributed by atoms with Crippen molar-refractivity contribution in [2.24, 2.45) is 5.73 Å². The van der Waals surface area contributed by atoms with Crippen molar-refractivity contribution < 1.29 is 15.4 Å². The van der Waals surface area contributed by atoms with Crippen LogP contribution in [0.2, 0.25) is 5.02 Å². The Morgan fingerprint density at radius 3 is 2.50 bits per heavy atom. The van der Waals surface area contributed by atoms with Gasteiger partial charge in [0.1, 0.15) is 0 Å². The maximum absolute atomic E-state index is 12.8. The summed E-state index contributed by atoms with van der Waals surface area (Å²) in [6.07, 6.45) is 0. The Morgan fingerprint density at radius 1 is 1.23 bits per heavy atom. The molecule has 1 amide bonds. The van der Waals surface area contributed by atoms with Crippen LogP contribution in [0, 0.1) is 0 Å². The highest BCUT2D eigenvalue weighted by Gasteiger charge is 2.49. The summed E-state index contributed by atoms with van der Waals surface area (Å²) in [5.41, 5.74) is 3.51. The maximum atomic E-state index is 12.8. The van der Waals surface area contributed by atoms with Crippen LogP contribution in [0.1, 0.15) is 27.0 Å². The highest BCUT2D eigenvalue weighted by molar-refractivity contribution is 6.30. The Morgan fingerprint density at radius 2 is 1.86 bits per heavy atom. The predicted molar refractivity (Wildman–Crippen MR) is 88.2 cm³/mol. The number of nitrogens with zero attached hydrogens (tertiary/aromatic N) is 1. The summed E-state index contributed by atoms with van der Waals surface area (Å²) in [6.45, 7) is -5.90. The summed E-state index contributed by atoms with van der Waals surface area (Å²) in [7, 11) is 0. The van der Waals surface area contributed by atoms with Crippen LogP contribution in [0.15, 0.2) is 48.5 Å². The van der Waals surface area contributed by atoms with Gasteiger partial charge in [0.15, 0.2) is 5.72 Å². The molecule has 2 aromatic rings. The number of benzene rings is 2. The monoisotopic (exact) mass is 342 g/mol. The summed E-state index contributed by atoms with van der Waals surface area (Å²) in [5, 5.41) is 11.8. The summed E-state index contributed by atoms with van der Waals surface area (Å²) >= 11 is 5.88. The van der Waals surface area contributed by atoms with Crippen molar-refractivity contribution in [1.29, 1.82) is 0 Å². The summed E-state index contributed by atoms with van der Waals surface area (Å²) in [6, 6.07) is 12.0. The molecule has 2 aromatic carbocycles. The molecular weight excluding hydrogens is 323 g/mol. The minimum Gasteiger partial charge on any atom is -0.363 e. The number of carbonyl (C=O) groups is 1. The molecule has 3 rings (SSSR count). The van der Waals surface area contributed by atoms with Crippen LogP contribution in [0.3, 0.4) is 0 Å². The molecule has 116 valence electrons. The van der Waals surface area contributed by atoms with Gasteiger partial charge in [-0.25, -0.2) is 0 Å². The van der Waals surface area contributed by atoms with Crippen LogP contribution in [-0.4, -0.2) is 28.9 Å². The number of aliphatic hydroxyl groups is 1. The molecule has 22 heavy (non-hydrogen) atoms. The smallest absolute Gasteiger partial charge is 0.257 e. The minimum atomic E-state index is -2.99. The van der Waals surface area contributed by atoms with E-state index in [2.05, 4.69) is 0 Å². The van der Waals surface area contributed by atoms with E-state index in [0.717, 1.165) is 0 Å². The quantitative estimate of drug-likeness (QED) is 0.899. The lowest BCUT2D eigenvalue weighted by Crippen LogP contribution is -2.46. The van der Waals surface area contributed by atoms with Crippen molar-refractivity contribution >= 4 is 29.9 Å².